The lowest BCUT2D eigenvalue weighted by molar-refractivity contribution is -0.124. The smallest absolute Gasteiger partial charge is 0.264 e. The molecule has 4 rings (SSSR count). The maximum Gasteiger partial charge on any atom is 0.264 e. The summed E-state index contributed by atoms with van der Waals surface area (Å²) in [6.45, 7) is 5.37. The Hall–Kier alpha value is -1.80. The molecule has 0 radical (unpaired) electrons. The molecule has 2 fully saturated rings. The van der Waals surface area contributed by atoms with Crippen molar-refractivity contribution in [1.82, 2.24) is 9.62 Å². The third-order valence-corrected chi connectivity index (χ3v) is 9.56. The van der Waals surface area contributed by atoms with Crippen molar-refractivity contribution in [3.8, 4) is 5.75 Å². The van der Waals surface area contributed by atoms with Crippen LogP contribution in [-0.4, -0.2) is 44.5 Å². The maximum absolute atomic E-state index is 12.9. The van der Waals surface area contributed by atoms with Gasteiger partial charge in [0.05, 0.1) is 14.9 Å². The summed E-state index contributed by atoms with van der Waals surface area (Å²) >= 11 is 12.1. The first kappa shape index (κ1) is 26.3. The number of halogens is 2. The van der Waals surface area contributed by atoms with E-state index in [-0.39, 0.29) is 22.8 Å². The monoisotopic (exact) mass is 538 g/mol. The van der Waals surface area contributed by atoms with Crippen LogP contribution in [0.5, 0.6) is 5.75 Å². The molecule has 1 saturated carbocycles. The van der Waals surface area contributed by atoms with E-state index in [1.165, 1.54) is 0 Å². The molecule has 1 heterocycles. The van der Waals surface area contributed by atoms with Gasteiger partial charge in [-0.2, -0.15) is 0 Å². The second kappa shape index (κ2) is 11.1. The molecular formula is C26H32Cl2N2O4S. The number of carbonyl (C=O) groups is 1. The number of nitrogens with zero attached hydrogens (tertiary/aromatic N) is 1. The summed E-state index contributed by atoms with van der Waals surface area (Å²) in [4.78, 5) is 15.5. The number of piperidine rings is 1. The van der Waals surface area contributed by atoms with Crippen LogP contribution in [0.15, 0.2) is 41.3 Å². The van der Waals surface area contributed by atoms with Gasteiger partial charge in [-0.3, -0.25) is 4.79 Å². The molecule has 0 aromatic heterocycles. The highest BCUT2D eigenvalue weighted by atomic mass is 35.5. The van der Waals surface area contributed by atoms with Gasteiger partial charge in [0.1, 0.15) is 11.9 Å². The summed E-state index contributed by atoms with van der Waals surface area (Å²) in [6, 6.07) is 11.1. The van der Waals surface area contributed by atoms with Gasteiger partial charge in [0, 0.05) is 31.1 Å². The lowest BCUT2D eigenvalue weighted by Gasteiger charge is -2.40. The van der Waals surface area contributed by atoms with Crippen LogP contribution in [-0.2, 0) is 14.8 Å². The van der Waals surface area contributed by atoms with Crippen molar-refractivity contribution in [3.05, 3.63) is 57.6 Å². The van der Waals surface area contributed by atoms with Gasteiger partial charge < -0.3 is 9.64 Å². The van der Waals surface area contributed by atoms with Crippen molar-refractivity contribution in [3.63, 3.8) is 0 Å². The fourth-order valence-electron chi connectivity index (χ4n) is 5.29. The number of rotatable bonds is 6. The minimum Gasteiger partial charge on any atom is -0.490 e. The summed E-state index contributed by atoms with van der Waals surface area (Å²) in [5.41, 5.74) is 1.28. The highest BCUT2D eigenvalue weighted by Gasteiger charge is 2.33. The van der Waals surface area contributed by atoms with Crippen LogP contribution in [0.4, 0.5) is 0 Å². The number of carbonyl (C=O) groups excluding carboxylic acids is 1. The third kappa shape index (κ3) is 6.31. The molecule has 0 atom stereocenters. The van der Waals surface area contributed by atoms with E-state index >= 15 is 0 Å². The van der Waals surface area contributed by atoms with Crippen molar-refractivity contribution >= 4 is 39.1 Å². The molecule has 1 amide bonds. The zero-order chi connectivity index (χ0) is 25.2. The number of ether oxygens (including phenoxy) is 1. The molecule has 2 aromatic rings. The first-order valence-corrected chi connectivity index (χ1v) is 14.4. The quantitative estimate of drug-likeness (QED) is 0.524. The molecule has 0 unspecified atom stereocenters. The lowest BCUT2D eigenvalue weighted by Crippen LogP contribution is -2.46. The molecule has 6 nitrogen and oxygen atoms in total. The Morgan fingerprint density at radius 1 is 0.943 bits per heavy atom. The van der Waals surface area contributed by atoms with Crippen LogP contribution in [0.1, 0.15) is 49.7 Å². The summed E-state index contributed by atoms with van der Waals surface area (Å²) in [6.07, 6.45) is 5.15. The van der Waals surface area contributed by atoms with E-state index in [2.05, 4.69) is 9.62 Å². The van der Waals surface area contributed by atoms with Crippen LogP contribution in [0.2, 0.25) is 10.0 Å². The van der Waals surface area contributed by atoms with E-state index in [0.717, 1.165) is 44.5 Å². The molecule has 190 valence electrons. The minimum absolute atomic E-state index is 0.140. The number of hydrogen-bond donors (Lipinski definition) is 1. The number of nitrogens with one attached hydrogen (secondary N) is 1. The average molecular weight is 540 g/mol. The standard InChI is InChI=1S/C26H32Cl2N2O4S/c1-17-4-3-5-18(2)25(17)35(32,33)29-26(31)19-6-8-20(9-7-19)30-14-12-21(13-15-30)34-22-10-11-23(27)24(28)16-22/h3-5,10-11,16,19-21H,6-9,12-15H2,1-2H3,(H,29,31). The summed E-state index contributed by atoms with van der Waals surface area (Å²) in [7, 11) is -3.88. The number of likely N-dealkylation sites (tertiary alicyclic amines) is 1. The van der Waals surface area contributed by atoms with E-state index in [0.29, 0.717) is 40.1 Å². The summed E-state index contributed by atoms with van der Waals surface area (Å²) < 4.78 is 34.2. The molecule has 35 heavy (non-hydrogen) atoms. The topological polar surface area (TPSA) is 75.7 Å². The van der Waals surface area contributed by atoms with Crippen molar-refractivity contribution in [2.24, 2.45) is 5.92 Å². The van der Waals surface area contributed by atoms with Gasteiger partial charge in [0.25, 0.3) is 10.0 Å². The van der Waals surface area contributed by atoms with Crippen molar-refractivity contribution < 1.29 is 17.9 Å². The fourth-order valence-corrected chi connectivity index (χ4v) is 7.10. The Morgan fingerprint density at radius 3 is 2.17 bits per heavy atom. The number of hydrogen-bond acceptors (Lipinski definition) is 5. The highest BCUT2D eigenvalue weighted by Crippen LogP contribution is 2.32. The van der Waals surface area contributed by atoms with Crippen molar-refractivity contribution in [2.45, 2.75) is 69.4 Å². The Morgan fingerprint density at radius 2 is 1.57 bits per heavy atom. The molecule has 9 heteroatoms. The molecule has 1 N–H and O–H groups in total. The molecule has 1 aliphatic heterocycles. The second-order valence-corrected chi connectivity index (χ2v) is 12.1. The Balaban J connectivity index is 1.25. The van der Waals surface area contributed by atoms with Crippen LogP contribution in [0, 0.1) is 19.8 Å². The van der Waals surface area contributed by atoms with Gasteiger partial charge in [-0.25, -0.2) is 13.1 Å². The van der Waals surface area contributed by atoms with E-state index in [1.54, 1.807) is 38.1 Å². The second-order valence-electron chi connectivity index (χ2n) is 9.63. The Labute approximate surface area is 218 Å². The first-order valence-electron chi connectivity index (χ1n) is 12.1. The summed E-state index contributed by atoms with van der Waals surface area (Å²) in [5.74, 6) is 0.0703. The van der Waals surface area contributed by atoms with Crippen LogP contribution in [0.25, 0.3) is 0 Å². The first-order chi connectivity index (χ1) is 16.6. The van der Waals surface area contributed by atoms with Gasteiger partial charge in [0.2, 0.25) is 5.91 Å². The van der Waals surface area contributed by atoms with E-state index < -0.39 is 10.0 Å². The van der Waals surface area contributed by atoms with Crippen LogP contribution < -0.4 is 9.46 Å². The predicted molar refractivity (Wildman–Crippen MR) is 139 cm³/mol. The maximum atomic E-state index is 12.9. The number of benzene rings is 2. The molecule has 0 spiro atoms. The number of sulfonamides is 1. The largest absolute Gasteiger partial charge is 0.490 e. The number of amides is 1. The molecular weight excluding hydrogens is 507 g/mol. The van der Waals surface area contributed by atoms with Gasteiger partial charge >= 0.3 is 0 Å². The van der Waals surface area contributed by atoms with Crippen LogP contribution >= 0.6 is 23.2 Å². The van der Waals surface area contributed by atoms with Crippen LogP contribution in [0.3, 0.4) is 0 Å². The lowest BCUT2D eigenvalue weighted by atomic mass is 9.84. The minimum atomic E-state index is -3.88. The van der Waals surface area contributed by atoms with Crippen molar-refractivity contribution in [2.75, 3.05) is 13.1 Å². The van der Waals surface area contributed by atoms with E-state index in [9.17, 15) is 13.2 Å². The molecule has 2 aromatic carbocycles. The Bertz CT molecular complexity index is 1150. The normalized spacial score (nSPS) is 22.1. The number of aryl methyl sites for hydroxylation is 2. The molecule has 2 aliphatic rings. The van der Waals surface area contributed by atoms with Gasteiger partial charge in [0.15, 0.2) is 0 Å². The van der Waals surface area contributed by atoms with E-state index in [4.69, 9.17) is 27.9 Å². The Kier molecular flexibility index (Phi) is 8.31. The fraction of sp³-hybridized carbons (Fsp3) is 0.500. The zero-order valence-corrected chi connectivity index (χ0v) is 22.4. The predicted octanol–water partition coefficient (Wildman–Crippen LogP) is 5.52. The van der Waals surface area contributed by atoms with Crippen molar-refractivity contribution in [1.29, 1.82) is 0 Å². The van der Waals surface area contributed by atoms with Gasteiger partial charge in [-0.15, -0.1) is 0 Å². The highest BCUT2D eigenvalue weighted by molar-refractivity contribution is 7.90. The molecule has 0 bridgehead atoms. The SMILES string of the molecule is Cc1cccc(C)c1S(=O)(=O)NC(=O)C1CCC(N2CCC(Oc3ccc(Cl)c(Cl)c3)CC2)CC1. The molecule has 1 aliphatic carbocycles. The van der Waals surface area contributed by atoms with E-state index in [1.807, 2.05) is 12.1 Å². The van der Waals surface area contributed by atoms with Gasteiger partial charge in [-0.05, 0) is 75.6 Å². The molecule has 1 saturated heterocycles. The third-order valence-electron chi connectivity index (χ3n) is 7.17. The average Bonchev–Trinajstić information content (AvgIpc) is 2.81. The van der Waals surface area contributed by atoms with Gasteiger partial charge in [-0.1, -0.05) is 41.4 Å². The summed E-state index contributed by atoms with van der Waals surface area (Å²) in [5, 5.41) is 1.00. The zero-order valence-electron chi connectivity index (χ0n) is 20.1.